The van der Waals surface area contributed by atoms with E-state index < -0.39 is 17.2 Å². The third-order valence-corrected chi connectivity index (χ3v) is 6.11. The minimum Gasteiger partial charge on any atom is -0.457 e. The van der Waals surface area contributed by atoms with E-state index in [1.54, 1.807) is 20.9 Å². The van der Waals surface area contributed by atoms with Crippen molar-refractivity contribution in [2.75, 3.05) is 0 Å². The molecule has 0 saturated heterocycles. The van der Waals surface area contributed by atoms with Crippen LogP contribution in [0.5, 0.6) is 0 Å². The van der Waals surface area contributed by atoms with Crippen molar-refractivity contribution in [2.45, 2.75) is 27.0 Å². The Balaban J connectivity index is 1.70. The number of hydrogen-bond acceptors (Lipinski definition) is 7. The lowest BCUT2D eigenvalue weighted by Crippen LogP contribution is -2.39. The zero-order valence-corrected chi connectivity index (χ0v) is 17.5. The first-order valence-electron chi connectivity index (χ1n) is 9.23. The average molecular weight is 425 g/mol. The first-order valence-corrected chi connectivity index (χ1v) is 10.0. The van der Waals surface area contributed by atoms with Crippen LogP contribution in [0.4, 0.5) is 0 Å². The van der Waals surface area contributed by atoms with Gasteiger partial charge >= 0.3 is 11.7 Å². The van der Waals surface area contributed by atoms with Gasteiger partial charge in [-0.15, -0.1) is 11.3 Å². The highest BCUT2D eigenvalue weighted by atomic mass is 32.1. The van der Waals surface area contributed by atoms with Gasteiger partial charge in [-0.05, 0) is 25.5 Å². The van der Waals surface area contributed by atoms with Crippen LogP contribution in [0.2, 0.25) is 0 Å². The molecule has 0 aliphatic carbocycles. The number of ether oxygens (including phenoxy) is 1. The average Bonchev–Trinajstić information content (AvgIpc) is 3.33. The molecule has 3 aromatic heterocycles. The molecule has 0 atom stereocenters. The predicted octanol–water partition coefficient (Wildman–Crippen LogP) is 2.77. The monoisotopic (exact) mass is 425 g/mol. The normalized spacial score (nSPS) is 11.2. The number of thiophene rings is 1. The molecule has 0 aliphatic rings. The number of aryl methyl sites for hydroxylation is 3. The van der Waals surface area contributed by atoms with Crippen molar-refractivity contribution in [1.82, 2.24) is 14.3 Å². The van der Waals surface area contributed by atoms with Gasteiger partial charge in [-0.3, -0.25) is 13.9 Å². The number of carbonyl (C=O) groups excluding carboxylic acids is 1. The topological polar surface area (TPSA) is 96.3 Å². The summed E-state index contributed by atoms with van der Waals surface area (Å²) in [5.74, 6) is 0.0150. The van der Waals surface area contributed by atoms with Crippen LogP contribution in [-0.2, 0) is 24.9 Å². The summed E-state index contributed by atoms with van der Waals surface area (Å²) < 4.78 is 13.0. The van der Waals surface area contributed by atoms with Crippen LogP contribution in [0.3, 0.4) is 0 Å². The number of esters is 1. The Morgan fingerprint density at radius 1 is 1.20 bits per heavy atom. The van der Waals surface area contributed by atoms with Crippen molar-refractivity contribution in [2.24, 2.45) is 7.05 Å². The molecule has 8 nitrogen and oxygen atoms in total. The Kier molecular flexibility index (Phi) is 5.13. The zero-order chi connectivity index (χ0) is 21.4. The van der Waals surface area contributed by atoms with Gasteiger partial charge in [-0.2, -0.15) is 0 Å². The first-order chi connectivity index (χ1) is 14.4. The van der Waals surface area contributed by atoms with E-state index in [1.165, 1.54) is 10.6 Å². The van der Waals surface area contributed by atoms with Crippen molar-refractivity contribution in [3.63, 3.8) is 0 Å². The first kappa shape index (κ1) is 19.8. The molecule has 3 heterocycles. The second-order valence-electron chi connectivity index (χ2n) is 6.93. The van der Waals surface area contributed by atoms with Crippen LogP contribution in [0.15, 0.2) is 50.5 Å². The molecule has 154 valence electrons. The van der Waals surface area contributed by atoms with E-state index in [1.807, 2.05) is 30.3 Å². The van der Waals surface area contributed by atoms with E-state index in [-0.39, 0.29) is 18.0 Å². The predicted molar refractivity (Wildman–Crippen MR) is 112 cm³/mol. The third kappa shape index (κ3) is 3.48. The van der Waals surface area contributed by atoms with Gasteiger partial charge < -0.3 is 9.26 Å². The minimum atomic E-state index is -0.538. The number of nitrogens with zero attached hydrogens (tertiary/aromatic N) is 3. The van der Waals surface area contributed by atoms with Crippen molar-refractivity contribution < 1.29 is 14.1 Å². The van der Waals surface area contributed by atoms with Crippen LogP contribution in [0, 0.1) is 13.8 Å². The van der Waals surface area contributed by atoms with Gasteiger partial charge in [0.25, 0.3) is 5.56 Å². The van der Waals surface area contributed by atoms with Crippen LogP contribution < -0.4 is 11.2 Å². The SMILES string of the molecule is Cc1noc(C)c1Cn1c(=O)c2cc(C(=O)OCc3ccccc3)sc2n(C)c1=O. The summed E-state index contributed by atoms with van der Waals surface area (Å²) in [5, 5.41) is 4.16. The van der Waals surface area contributed by atoms with Gasteiger partial charge in [0.1, 0.15) is 22.1 Å². The molecule has 0 unspecified atom stereocenters. The summed E-state index contributed by atoms with van der Waals surface area (Å²) in [6.45, 7) is 3.66. The van der Waals surface area contributed by atoms with Crippen LogP contribution in [-0.4, -0.2) is 20.3 Å². The Hall–Kier alpha value is -3.46. The maximum Gasteiger partial charge on any atom is 0.348 e. The van der Waals surface area contributed by atoms with Crippen molar-refractivity contribution in [3.05, 3.63) is 84.7 Å². The molecule has 0 fully saturated rings. The van der Waals surface area contributed by atoms with E-state index in [0.717, 1.165) is 21.5 Å². The summed E-state index contributed by atoms with van der Waals surface area (Å²) in [5.41, 5.74) is 1.23. The summed E-state index contributed by atoms with van der Waals surface area (Å²) in [6.07, 6.45) is 0. The standard InChI is InChI=1S/C21H19N3O5S/c1-12-16(13(2)29-22-12)10-24-18(25)15-9-17(30-19(15)23(3)21(24)27)20(26)28-11-14-7-5-4-6-8-14/h4-9H,10-11H2,1-3H3. The van der Waals surface area contributed by atoms with Crippen molar-refractivity contribution in [3.8, 4) is 0 Å². The fourth-order valence-corrected chi connectivity index (χ4v) is 4.20. The number of carbonyl (C=O) groups is 1. The Bertz CT molecular complexity index is 1340. The summed E-state index contributed by atoms with van der Waals surface area (Å²) in [6, 6.07) is 10.8. The Morgan fingerprint density at radius 3 is 2.60 bits per heavy atom. The molecule has 4 aromatic rings. The zero-order valence-electron chi connectivity index (χ0n) is 16.7. The summed E-state index contributed by atoms with van der Waals surface area (Å²) in [7, 11) is 1.57. The number of hydrogen-bond donors (Lipinski definition) is 0. The highest BCUT2D eigenvalue weighted by Crippen LogP contribution is 2.23. The van der Waals surface area contributed by atoms with Gasteiger partial charge in [-0.25, -0.2) is 9.59 Å². The molecule has 0 radical (unpaired) electrons. The summed E-state index contributed by atoms with van der Waals surface area (Å²) >= 11 is 1.06. The highest BCUT2D eigenvalue weighted by molar-refractivity contribution is 7.20. The lowest BCUT2D eigenvalue weighted by molar-refractivity contribution is 0.0478. The van der Waals surface area contributed by atoms with E-state index in [0.29, 0.717) is 27.2 Å². The number of aromatic nitrogens is 3. The maximum atomic E-state index is 13.0. The molecule has 0 aliphatic heterocycles. The number of benzene rings is 1. The molecule has 9 heteroatoms. The van der Waals surface area contributed by atoms with Gasteiger partial charge in [-0.1, -0.05) is 35.5 Å². The molecule has 4 rings (SSSR count). The third-order valence-electron chi connectivity index (χ3n) is 4.92. The highest BCUT2D eigenvalue weighted by Gasteiger charge is 2.20. The second-order valence-corrected chi connectivity index (χ2v) is 7.96. The van der Waals surface area contributed by atoms with Gasteiger partial charge in [0.15, 0.2) is 0 Å². The van der Waals surface area contributed by atoms with Crippen molar-refractivity contribution >= 4 is 27.5 Å². The Labute approximate surface area is 174 Å². The Morgan fingerprint density at radius 2 is 1.93 bits per heavy atom. The fourth-order valence-electron chi connectivity index (χ4n) is 3.20. The molecule has 1 aromatic carbocycles. The fraction of sp³-hybridized carbons (Fsp3) is 0.238. The molecule has 0 spiro atoms. The molecule has 0 bridgehead atoms. The molecule has 0 saturated carbocycles. The lowest BCUT2D eigenvalue weighted by Gasteiger charge is -2.08. The maximum absolute atomic E-state index is 13.0. The molecule has 0 N–H and O–H groups in total. The second kappa shape index (κ2) is 7.75. The quantitative estimate of drug-likeness (QED) is 0.456. The van der Waals surface area contributed by atoms with Gasteiger partial charge in [0.2, 0.25) is 0 Å². The van der Waals surface area contributed by atoms with Crippen LogP contribution in [0.25, 0.3) is 10.2 Å². The molecule has 30 heavy (non-hydrogen) atoms. The van der Waals surface area contributed by atoms with Gasteiger partial charge in [0, 0.05) is 12.6 Å². The van der Waals surface area contributed by atoms with E-state index in [4.69, 9.17) is 9.26 Å². The molecule has 0 amide bonds. The largest absolute Gasteiger partial charge is 0.457 e. The molecular weight excluding hydrogens is 406 g/mol. The minimum absolute atomic E-state index is 0.0479. The number of fused-ring (bicyclic) bond motifs is 1. The van der Waals surface area contributed by atoms with Crippen LogP contribution >= 0.6 is 11.3 Å². The number of rotatable bonds is 5. The van der Waals surface area contributed by atoms with E-state index >= 15 is 0 Å². The molecular formula is C21H19N3O5S. The smallest absolute Gasteiger partial charge is 0.348 e. The van der Waals surface area contributed by atoms with Gasteiger partial charge in [0.05, 0.1) is 17.6 Å². The van der Waals surface area contributed by atoms with Crippen LogP contribution in [0.1, 0.15) is 32.3 Å². The van der Waals surface area contributed by atoms with E-state index in [2.05, 4.69) is 5.16 Å². The van der Waals surface area contributed by atoms with E-state index in [9.17, 15) is 14.4 Å². The van der Waals surface area contributed by atoms with Crippen molar-refractivity contribution in [1.29, 1.82) is 0 Å². The lowest BCUT2D eigenvalue weighted by atomic mass is 10.2. The summed E-state index contributed by atoms with van der Waals surface area (Å²) in [4.78, 5) is 39.0.